The van der Waals surface area contributed by atoms with Gasteiger partial charge in [0.15, 0.2) is 0 Å². The number of carbonyl (C=O) groups is 2. The zero-order valence-electron chi connectivity index (χ0n) is 40.4. The minimum absolute atomic E-state index is 0.0782. The first-order chi connectivity index (χ1) is 29.5. The van der Waals surface area contributed by atoms with E-state index in [1.165, 1.54) is 180 Å². The molecule has 1 amide bonds. The summed E-state index contributed by atoms with van der Waals surface area (Å²) in [5.41, 5.74) is 0. The second-order valence-corrected chi connectivity index (χ2v) is 18.3. The van der Waals surface area contributed by atoms with Crippen LogP contribution in [0.3, 0.4) is 0 Å². The van der Waals surface area contributed by atoms with Gasteiger partial charge in [-0.2, -0.15) is 0 Å². The van der Waals surface area contributed by atoms with Gasteiger partial charge in [0.2, 0.25) is 5.91 Å². The normalized spacial score (nSPS) is 13.3. The van der Waals surface area contributed by atoms with E-state index in [2.05, 4.69) is 50.4 Å². The van der Waals surface area contributed by atoms with Crippen LogP contribution in [0.25, 0.3) is 0 Å². The fourth-order valence-corrected chi connectivity index (χ4v) is 8.23. The molecule has 0 saturated heterocycles. The first kappa shape index (κ1) is 58.3. The lowest BCUT2D eigenvalue weighted by Gasteiger charge is -2.24. The number of aliphatic hydroxyl groups is 2. The molecular formula is C54H103NO5. The lowest BCUT2D eigenvalue weighted by Crippen LogP contribution is -2.46. The maximum Gasteiger partial charge on any atom is 0.306 e. The van der Waals surface area contributed by atoms with Crippen molar-refractivity contribution in [2.24, 2.45) is 0 Å². The second-order valence-electron chi connectivity index (χ2n) is 18.3. The summed E-state index contributed by atoms with van der Waals surface area (Å²) in [5, 5.41) is 23.7. The molecule has 0 saturated carbocycles. The molecule has 6 heteroatoms. The van der Waals surface area contributed by atoms with E-state index in [4.69, 9.17) is 4.74 Å². The molecule has 0 radical (unpaired) electrons. The van der Waals surface area contributed by atoms with Crippen LogP contribution in [0.15, 0.2) is 24.3 Å². The van der Waals surface area contributed by atoms with Crippen LogP contribution in [0, 0.1) is 0 Å². The van der Waals surface area contributed by atoms with Crippen molar-refractivity contribution in [3.05, 3.63) is 24.3 Å². The molecule has 0 aromatic rings. The highest BCUT2D eigenvalue weighted by molar-refractivity contribution is 5.77. The number of hydrogen-bond acceptors (Lipinski definition) is 5. The zero-order chi connectivity index (χ0) is 43.8. The summed E-state index contributed by atoms with van der Waals surface area (Å²) >= 11 is 0. The molecule has 60 heavy (non-hydrogen) atoms. The SMILES string of the molecule is CCCCC/C=C\C/C=C\CCCCCCCCCC(=O)OC(CCCCCCCCC)CC(=O)NC(CO)C(O)CCCCCCCCCCCCCCCCCCC. The average molecular weight is 846 g/mol. The fraction of sp³-hybridized carbons (Fsp3) is 0.889. The Morgan fingerprint density at radius 2 is 0.850 bits per heavy atom. The maximum absolute atomic E-state index is 13.1. The summed E-state index contributed by atoms with van der Waals surface area (Å²) < 4.78 is 5.90. The molecule has 354 valence electrons. The van der Waals surface area contributed by atoms with Crippen LogP contribution in [-0.2, 0) is 14.3 Å². The number of hydrogen-bond donors (Lipinski definition) is 3. The van der Waals surface area contributed by atoms with Gasteiger partial charge in [0.05, 0.1) is 25.2 Å². The zero-order valence-corrected chi connectivity index (χ0v) is 40.4. The molecule has 0 bridgehead atoms. The van der Waals surface area contributed by atoms with E-state index in [1.807, 2.05) is 0 Å². The molecule has 0 aromatic carbocycles. The predicted octanol–water partition coefficient (Wildman–Crippen LogP) is 15.9. The quantitative estimate of drug-likeness (QED) is 0.0322. The van der Waals surface area contributed by atoms with Gasteiger partial charge in [-0.15, -0.1) is 0 Å². The van der Waals surface area contributed by atoms with Crippen LogP contribution in [0.2, 0.25) is 0 Å². The van der Waals surface area contributed by atoms with Gasteiger partial charge in [0.1, 0.15) is 6.10 Å². The van der Waals surface area contributed by atoms with Gasteiger partial charge >= 0.3 is 5.97 Å². The van der Waals surface area contributed by atoms with Crippen molar-refractivity contribution in [2.45, 2.75) is 302 Å². The Hall–Kier alpha value is -1.66. The second kappa shape index (κ2) is 48.4. The van der Waals surface area contributed by atoms with Crippen LogP contribution in [0.5, 0.6) is 0 Å². The van der Waals surface area contributed by atoms with Crippen LogP contribution in [0.1, 0.15) is 284 Å². The first-order valence-corrected chi connectivity index (χ1v) is 26.6. The minimum atomic E-state index is -0.784. The number of nitrogens with one attached hydrogen (secondary N) is 1. The van der Waals surface area contributed by atoms with E-state index >= 15 is 0 Å². The van der Waals surface area contributed by atoms with Crippen molar-refractivity contribution < 1.29 is 24.5 Å². The summed E-state index contributed by atoms with van der Waals surface area (Å²) in [5.74, 6) is -0.475. The predicted molar refractivity (Wildman–Crippen MR) is 260 cm³/mol. The van der Waals surface area contributed by atoms with Crippen molar-refractivity contribution in [3.63, 3.8) is 0 Å². The largest absolute Gasteiger partial charge is 0.462 e. The molecule has 0 aromatic heterocycles. The van der Waals surface area contributed by atoms with E-state index in [0.717, 1.165) is 57.8 Å². The summed E-state index contributed by atoms with van der Waals surface area (Å²) in [6.45, 7) is 6.45. The number of aliphatic hydroxyl groups excluding tert-OH is 2. The maximum atomic E-state index is 13.1. The third-order valence-electron chi connectivity index (χ3n) is 12.3. The highest BCUT2D eigenvalue weighted by Crippen LogP contribution is 2.18. The molecule has 0 aliphatic rings. The van der Waals surface area contributed by atoms with E-state index in [1.54, 1.807) is 0 Å². The average Bonchev–Trinajstić information content (AvgIpc) is 3.24. The summed E-state index contributed by atoms with van der Waals surface area (Å²) in [4.78, 5) is 26.0. The molecule has 0 aliphatic heterocycles. The van der Waals surface area contributed by atoms with Crippen molar-refractivity contribution in [1.29, 1.82) is 0 Å². The molecule has 0 rings (SSSR count). The van der Waals surface area contributed by atoms with Crippen molar-refractivity contribution in [1.82, 2.24) is 5.32 Å². The third kappa shape index (κ3) is 43.0. The number of amides is 1. The van der Waals surface area contributed by atoms with Crippen LogP contribution >= 0.6 is 0 Å². The molecular weight excluding hydrogens is 743 g/mol. The number of esters is 1. The Kier molecular flexibility index (Phi) is 47.0. The molecule has 0 fully saturated rings. The van der Waals surface area contributed by atoms with E-state index in [-0.39, 0.29) is 24.9 Å². The summed E-state index contributed by atoms with van der Waals surface area (Å²) in [6.07, 6.45) is 55.4. The smallest absolute Gasteiger partial charge is 0.306 e. The standard InChI is InChI=1S/C54H103NO5/c1-4-7-10-13-16-18-20-22-24-26-28-30-32-34-37-40-43-46-52(57)51(49-56)55-53(58)48-50(45-42-39-36-15-12-9-6-3)60-54(59)47-44-41-38-35-33-31-29-27-25-23-21-19-17-14-11-8-5-2/h17,19,23,25,50-52,56-57H,4-16,18,20-22,24,26-49H2,1-3H3,(H,55,58)/b19-17-,25-23-. The molecule has 3 unspecified atom stereocenters. The Balaban J connectivity index is 4.31. The molecule has 3 N–H and O–H groups in total. The Bertz CT molecular complexity index is 950. The monoisotopic (exact) mass is 846 g/mol. The molecule has 0 spiro atoms. The number of ether oxygens (including phenoxy) is 1. The lowest BCUT2D eigenvalue weighted by atomic mass is 10.0. The van der Waals surface area contributed by atoms with E-state index < -0.39 is 18.2 Å². The fourth-order valence-electron chi connectivity index (χ4n) is 8.23. The topological polar surface area (TPSA) is 95.9 Å². The Morgan fingerprint density at radius 1 is 0.483 bits per heavy atom. The van der Waals surface area contributed by atoms with Gasteiger partial charge in [0.25, 0.3) is 0 Å². The highest BCUT2D eigenvalue weighted by Gasteiger charge is 2.24. The molecule has 3 atom stereocenters. The van der Waals surface area contributed by atoms with Gasteiger partial charge in [-0.05, 0) is 57.8 Å². The Morgan fingerprint density at radius 3 is 1.30 bits per heavy atom. The van der Waals surface area contributed by atoms with Gasteiger partial charge in [-0.25, -0.2) is 0 Å². The van der Waals surface area contributed by atoms with Crippen molar-refractivity contribution in [2.75, 3.05) is 6.61 Å². The Labute approximate surface area is 373 Å². The molecule has 0 heterocycles. The van der Waals surface area contributed by atoms with Gasteiger partial charge in [-0.1, -0.05) is 238 Å². The number of rotatable bonds is 48. The van der Waals surface area contributed by atoms with Crippen LogP contribution < -0.4 is 5.32 Å². The number of unbranched alkanes of at least 4 members (excludes halogenated alkanes) is 32. The summed E-state index contributed by atoms with van der Waals surface area (Å²) in [7, 11) is 0. The van der Waals surface area contributed by atoms with Gasteiger partial charge in [0, 0.05) is 6.42 Å². The first-order valence-electron chi connectivity index (χ1n) is 26.6. The van der Waals surface area contributed by atoms with E-state index in [9.17, 15) is 19.8 Å². The lowest BCUT2D eigenvalue weighted by molar-refractivity contribution is -0.151. The van der Waals surface area contributed by atoms with Crippen LogP contribution in [0.4, 0.5) is 0 Å². The number of carbonyl (C=O) groups excluding carboxylic acids is 2. The third-order valence-corrected chi connectivity index (χ3v) is 12.3. The van der Waals surface area contributed by atoms with Gasteiger partial charge in [-0.3, -0.25) is 9.59 Å². The van der Waals surface area contributed by atoms with Crippen molar-refractivity contribution in [3.8, 4) is 0 Å². The van der Waals surface area contributed by atoms with Crippen molar-refractivity contribution >= 4 is 11.9 Å². The minimum Gasteiger partial charge on any atom is -0.462 e. The van der Waals surface area contributed by atoms with Gasteiger partial charge < -0.3 is 20.3 Å². The highest BCUT2D eigenvalue weighted by atomic mass is 16.5. The van der Waals surface area contributed by atoms with Crippen LogP contribution in [-0.4, -0.2) is 46.9 Å². The number of allylic oxidation sites excluding steroid dienone is 4. The molecule has 0 aliphatic carbocycles. The summed E-state index contributed by atoms with van der Waals surface area (Å²) in [6, 6.07) is -0.697. The van der Waals surface area contributed by atoms with E-state index in [0.29, 0.717) is 19.3 Å². The molecule has 6 nitrogen and oxygen atoms in total.